The SMILES string of the molecule is COC(=O)Cc1ncc([N+](=O)[O-])n1C. The highest BCUT2D eigenvalue weighted by Crippen LogP contribution is 2.11. The maximum atomic E-state index is 10.9. The second-order valence-electron chi connectivity index (χ2n) is 2.60. The Hall–Kier alpha value is -1.92. The molecule has 0 aliphatic rings. The predicted molar refractivity (Wildman–Crippen MR) is 45.6 cm³/mol. The lowest BCUT2D eigenvalue weighted by atomic mass is 10.4. The zero-order chi connectivity index (χ0) is 10.7. The second kappa shape index (κ2) is 3.86. The number of nitrogens with zero attached hydrogens (tertiary/aromatic N) is 3. The molecule has 7 heteroatoms. The Balaban J connectivity index is 2.90. The van der Waals surface area contributed by atoms with Crippen molar-refractivity contribution in [2.24, 2.45) is 7.05 Å². The number of imidazole rings is 1. The van der Waals surface area contributed by atoms with Crippen molar-refractivity contribution in [3.63, 3.8) is 0 Å². The Labute approximate surface area is 79.5 Å². The number of hydrogen-bond acceptors (Lipinski definition) is 5. The summed E-state index contributed by atoms with van der Waals surface area (Å²) < 4.78 is 5.66. The number of ether oxygens (including phenoxy) is 1. The molecule has 76 valence electrons. The summed E-state index contributed by atoms with van der Waals surface area (Å²) in [6, 6.07) is 0. The maximum Gasteiger partial charge on any atom is 0.342 e. The van der Waals surface area contributed by atoms with E-state index in [0.717, 1.165) is 6.20 Å². The van der Waals surface area contributed by atoms with E-state index in [1.807, 2.05) is 0 Å². The van der Waals surface area contributed by atoms with Gasteiger partial charge in [-0.3, -0.25) is 4.79 Å². The molecule has 1 aromatic rings. The van der Waals surface area contributed by atoms with Crippen LogP contribution in [0, 0.1) is 10.1 Å². The summed E-state index contributed by atoms with van der Waals surface area (Å²) in [7, 11) is 2.73. The van der Waals surface area contributed by atoms with Gasteiger partial charge >= 0.3 is 11.8 Å². The van der Waals surface area contributed by atoms with Gasteiger partial charge in [-0.05, 0) is 4.92 Å². The minimum atomic E-state index is -0.562. The average Bonchev–Trinajstić information content (AvgIpc) is 2.48. The summed E-state index contributed by atoms with van der Waals surface area (Å²) in [5, 5.41) is 10.4. The molecule has 0 aliphatic heterocycles. The van der Waals surface area contributed by atoms with Gasteiger partial charge in [-0.15, -0.1) is 0 Å². The quantitative estimate of drug-likeness (QED) is 0.389. The van der Waals surface area contributed by atoms with E-state index in [9.17, 15) is 14.9 Å². The molecule has 0 N–H and O–H groups in total. The Morgan fingerprint density at radius 1 is 1.79 bits per heavy atom. The summed E-state index contributed by atoms with van der Waals surface area (Å²) in [5.41, 5.74) is 0. The van der Waals surface area contributed by atoms with Crippen molar-refractivity contribution in [2.75, 3.05) is 7.11 Å². The van der Waals surface area contributed by atoms with Crippen LogP contribution in [0.15, 0.2) is 6.20 Å². The van der Waals surface area contributed by atoms with Crippen LogP contribution in [0.3, 0.4) is 0 Å². The molecule has 0 aliphatic carbocycles. The molecule has 0 unspecified atom stereocenters. The van der Waals surface area contributed by atoms with Gasteiger partial charge in [0.25, 0.3) is 0 Å². The number of nitro groups is 1. The van der Waals surface area contributed by atoms with Gasteiger partial charge in [-0.1, -0.05) is 0 Å². The first-order valence-corrected chi connectivity index (χ1v) is 3.78. The molecule has 0 bridgehead atoms. The number of methoxy groups -OCH3 is 1. The zero-order valence-electron chi connectivity index (χ0n) is 7.76. The van der Waals surface area contributed by atoms with E-state index in [2.05, 4.69) is 9.72 Å². The lowest BCUT2D eigenvalue weighted by Gasteiger charge is -1.97. The van der Waals surface area contributed by atoms with Crippen molar-refractivity contribution in [3.05, 3.63) is 22.1 Å². The van der Waals surface area contributed by atoms with E-state index in [1.165, 1.54) is 18.7 Å². The smallest absolute Gasteiger partial charge is 0.342 e. The van der Waals surface area contributed by atoms with Crippen molar-refractivity contribution in [1.82, 2.24) is 9.55 Å². The van der Waals surface area contributed by atoms with Crippen LogP contribution in [0.25, 0.3) is 0 Å². The van der Waals surface area contributed by atoms with Crippen LogP contribution in [0.2, 0.25) is 0 Å². The molecule has 0 spiro atoms. The molecule has 0 saturated heterocycles. The van der Waals surface area contributed by atoms with Crippen molar-refractivity contribution >= 4 is 11.8 Å². The number of carbonyl (C=O) groups excluding carboxylic acids is 1. The summed E-state index contributed by atoms with van der Waals surface area (Å²) in [6.45, 7) is 0. The summed E-state index contributed by atoms with van der Waals surface area (Å²) in [6.07, 6.45) is 1.04. The number of esters is 1. The first-order valence-electron chi connectivity index (χ1n) is 3.78. The third-order valence-corrected chi connectivity index (χ3v) is 1.78. The molecule has 14 heavy (non-hydrogen) atoms. The molecule has 0 fully saturated rings. The van der Waals surface area contributed by atoms with Gasteiger partial charge in [-0.2, -0.15) is 0 Å². The predicted octanol–water partition coefficient (Wildman–Crippen LogP) is 0.0438. The third-order valence-electron chi connectivity index (χ3n) is 1.78. The largest absolute Gasteiger partial charge is 0.469 e. The Morgan fingerprint density at radius 3 is 2.86 bits per heavy atom. The van der Waals surface area contributed by atoms with Crippen LogP contribution < -0.4 is 0 Å². The first-order chi connectivity index (χ1) is 6.56. The lowest BCUT2D eigenvalue weighted by molar-refractivity contribution is -0.391. The molecular weight excluding hydrogens is 190 g/mol. The summed E-state index contributed by atoms with van der Waals surface area (Å²) >= 11 is 0. The zero-order valence-corrected chi connectivity index (χ0v) is 7.76. The molecule has 1 aromatic heterocycles. The fraction of sp³-hybridized carbons (Fsp3) is 0.429. The van der Waals surface area contributed by atoms with Crippen LogP contribution in [-0.4, -0.2) is 27.6 Å². The topological polar surface area (TPSA) is 87.3 Å². The van der Waals surface area contributed by atoms with Gasteiger partial charge in [0, 0.05) is 0 Å². The molecule has 0 atom stereocenters. The molecule has 0 aromatic carbocycles. The van der Waals surface area contributed by atoms with Crippen LogP contribution in [0.4, 0.5) is 5.82 Å². The maximum absolute atomic E-state index is 10.9. The van der Waals surface area contributed by atoms with E-state index in [-0.39, 0.29) is 12.2 Å². The lowest BCUT2D eigenvalue weighted by Crippen LogP contribution is -2.10. The highest BCUT2D eigenvalue weighted by molar-refractivity contribution is 5.71. The van der Waals surface area contributed by atoms with E-state index >= 15 is 0 Å². The molecule has 7 nitrogen and oxygen atoms in total. The van der Waals surface area contributed by atoms with Crippen molar-refractivity contribution < 1.29 is 14.5 Å². The monoisotopic (exact) mass is 199 g/mol. The Morgan fingerprint density at radius 2 is 2.43 bits per heavy atom. The number of carbonyl (C=O) groups is 1. The van der Waals surface area contributed by atoms with Crippen molar-refractivity contribution in [3.8, 4) is 0 Å². The fourth-order valence-electron chi connectivity index (χ4n) is 0.973. The average molecular weight is 199 g/mol. The standard InChI is InChI=1S/C7H9N3O4/c1-9-5(3-7(11)14-2)8-4-6(9)10(12)13/h4H,3H2,1-2H3. The molecular formula is C7H9N3O4. The normalized spacial score (nSPS) is 9.86. The highest BCUT2D eigenvalue weighted by Gasteiger charge is 2.18. The van der Waals surface area contributed by atoms with Crippen molar-refractivity contribution in [1.29, 1.82) is 0 Å². The minimum absolute atomic E-state index is 0.0686. The van der Waals surface area contributed by atoms with Crippen LogP contribution >= 0.6 is 0 Å². The van der Waals surface area contributed by atoms with E-state index in [0.29, 0.717) is 5.82 Å². The highest BCUT2D eigenvalue weighted by atomic mass is 16.6. The van der Waals surface area contributed by atoms with Crippen LogP contribution in [0.1, 0.15) is 5.82 Å². The van der Waals surface area contributed by atoms with Gasteiger partial charge < -0.3 is 14.9 Å². The van der Waals surface area contributed by atoms with Gasteiger partial charge in [0.1, 0.15) is 12.6 Å². The summed E-state index contributed by atoms with van der Waals surface area (Å²) in [5.74, 6) is -0.318. The van der Waals surface area contributed by atoms with E-state index < -0.39 is 10.9 Å². The van der Waals surface area contributed by atoms with E-state index in [1.54, 1.807) is 0 Å². The molecule has 1 heterocycles. The van der Waals surface area contributed by atoms with E-state index in [4.69, 9.17) is 0 Å². The van der Waals surface area contributed by atoms with Crippen LogP contribution in [0.5, 0.6) is 0 Å². The van der Waals surface area contributed by atoms with Gasteiger partial charge in [-0.25, -0.2) is 9.55 Å². The molecule has 0 radical (unpaired) electrons. The third kappa shape index (κ3) is 1.87. The summed E-state index contributed by atoms with van der Waals surface area (Å²) in [4.78, 5) is 24.5. The molecule has 0 saturated carbocycles. The second-order valence-corrected chi connectivity index (χ2v) is 2.60. The molecule has 0 amide bonds. The van der Waals surface area contributed by atoms with Gasteiger partial charge in [0.05, 0.1) is 14.2 Å². The fourth-order valence-corrected chi connectivity index (χ4v) is 0.973. The number of rotatable bonds is 3. The van der Waals surface area contributed by atoms with Crippen molar-refractivity contribution in [2.45, 2.75) is 6.42 Å². The van der Waals surface area contributed by atoms with Crippen LogP contribution in [-0.2, 0) is 23.0 Å². The number of hydrogen-bond donors (Lipinski definition) is 0. The Kier molecular flexibility index (Phi) is 2.80. The molecule has 1 rings (SSSR count). The first kappa shape index (κ1) is 10.2. The van der Waals surface area contributed by atoms with Gasteiger partial charge in [0.2, 0.25) is 5.82 Å². The minimum Gasteiger partial charge on any atom is -0.469 e. The number of aromatic nitrogens is 2. The Bertz CT molecular complexity index is 371. The van der Waals surface area contributed by atoms with Gasteiger partial charge in [0.15, 0.2) is 0 Å².